The van der Waals surface area contributed by atoms with Crippen molar-refractivity contribution < 1.29 is 9.59 Å². The number of carbonyl (C=O) groups is 2. The van der Waals surface area contributed by atoms with E-state index >= 15 is 0 Å². The Balaban J connectivity index is 1.30. The molecule has 0 unspecified atom stereocenters. The number of amides is 2. The molecule has 2 heterocycles. The molecule has 2 aliphatic rings. The van der Waals surface area contributed by atoms with Crippen LogP contribution in [0.15, 0.2) is 29.2 Å². The molecule has 1 aromatic carbocycles. The van der Waals surface area contributed by atoms with Gasteiger partial charge in [-0.1, -0.05) is 12.1 Å². The van der Waals surface area contributed by atoms with Gasteiger partial charge in [-0.25, -0.2) is 0 Å². The number of fused-ring (bicyclic) bond motifs is 1. The van der Waals surface area contributed by atoms with E-state index in [0.29, 0.717) is 23.9 Å². The smallest absolute Gasteiger partial charge is 0.227 e. The maximum absolute atomic E-state index is 12.6. The minimum atomic E-state index is -0.153. The predicted octanol–water partition coefficient (Wildman–Crippen LogP) is 2.81. The number of hydrogen-bond donors (Lipinski definition) is 2. The van der Waals surface area contributed by atoms with Crippen molar-refractivity contribution in [2.24, 2.45) is 0 Å². The summed E-state index contributed by atoms with van der Waals surface area (Å²) in [4.78, 5) is 27.7. The first-order valence-corrected chi connectivity index (χ1v) is 10.5. The van der Waals surface area contributed by atoms with Crippen molar-refractivity contribution in [2.75, 3.05) is 17.2 Å². The molecule has 2 aromatic rings. The number of para-hydroxylation sites is 1. The maximum atomic E-state index is 12.6. The molecule has 0 atom stereocenters. The second-order valence-corrected chi connectivity index (χ2v) is 8.21. The fourth-order valence-electron chi connectivity index (χ4n) is 3.22. The molecular weight excluding hydrogens is 382 g/mol. The van der Waals surface area contributed by atoms with Gasteiger partial charge in [0.25, 0.3) is 0 Å². The van der Waals surface area contributed by atoms with Crippen LogP contribution >= 0.6 is 24.0 Å². The number of hydrogen-bond acceptors (Lipinski definition) is 5. The van der Waals surface area contributed by atoms with Crippen LogP contribution in [-0.4, -0.2) is 38.9 Å². The zero-order valence-corrected chi connectivity index (χ0v) is 16.4. The second kappa shape index (κ2) is 7.85. The first-order valence-electron chi connectivity index (χ1n) is 9.08. The molecule has 0 spiro atoms. The van der Waals surface area contributed by atoms with Crippen LogP contribution in [0.4, 0.5) is 5.69 Å². The molecule has 1 aliphatic carbocycles. The molecular formula is C18H21N5O2S2. The minimum absolute atomic E-state index is 0.0152. The van der Waals surface area contributed by atoms with Crippen LogP contribution < -0.4 is 10.2 Å². The largest absolute Gasteiger partial charge is 0.349 e. The van der Waals surface area contributed by atoms with Gasteiger partial charge in [0.1, 0.15) is 0 Å². The number of carbonyl (C=O) groups excluding carboxylic acids is 2. The molecule has 2 N–H and O–H groups in total. The summed E-state index contributed by atoms with van der Waals surface area (Å²) in [6.07, 6.45) is 2.55. The Hall–Kier alpha value is -2.13. The Bertz CT molecular complexity index is 918. The van der Waals surface area contributed by atoms with Crippen molar-refractivity contribution in [1.82, 2.24) is 20.1 Å². The first-order chi connectivity index (χ1) is 13.1. The predicted molar refractivity (Wildman–Crippen MR) is 106 cm³/mol. The number of nitrogens with one attached hydrogen (secondary N) is 2. The summed E-state index contributed by atoms with van der Waals surface area (Å²) in [7, 11) is 0. The van der Waals surface area contributed by atoms with Gasteiger partial charge in [-0.05, 0) is 37.2 Å². The lowest BCUT2D eigenvalue weighted by molar-refractivity contribution is -0.125. The molecule has 0 saturated heterocycles. The lowest BCUT2D eigenvalue weighted by Crippen LogP contribution is -2.36. The molecule has 1 saturated carbocycles. The van der Waals surface area contributed by atoms with E-state index in [0.717, 1.165) is 35.0 Å². The summed E-state index contributed by atoms with van der Waals surface area (Å²) >= 11 is 7.00. The fraction of sp³-hybridized carbons (Fsp3) is 0.444. The average Bonchev–Trinajstić information content (AvgIpc) is 3.46. The summed E-state index contributed by atoms with van der Waals surface area (Å²) in [5.41, 5.74) is 0.944. The molecule has 1 aromatic heterocycles. The first kappa shape index (κ1) is 18.2. The zero-order valence-electron chi connectivity index (χ0n) is 14.8. The Morgan fingerprint density at radius 3 is 2.93 bits per heavy atom. The summed E-state index contributed by atoms with van der Waals surface area (Å²) in [5, 5.41) is 9.83. The molecule has 142 valence electrons. The number of aromatic amines is 1. The number of aromatic nitrogens is 3. The van der Waals surface area contributed by atoms with Crippen LogP contribution in [0.5, 0.6) is 0 Å². The van der Waals surface area contributed by atoms with E-state index in [2.05, 4.69) is 15.5 Å². The Labute approximate surface area is 166 Å². The molecule has 1 aliphatic heterocycles. The van der Waals surface area contributed by atoms with E-state index in [4.69, 9.17) is 12.2 Å². The lowest BCUT2D eigenvalue weighted by Gasteiger charge is -2.29. The number of rotatable bonds is 6. The Kier molecular flexibility index (Phi) is 5.31. The van der Waals surface area contributed by atoms with Crippen LogP contribution in [0.2, 0.25) is 0 Å². The van der Waals surface area contributed by atoms with Gasteiger partial charge in [-0.15, -0.1) is 11.8 Å². The van der Waals surface area contributed by atoms with Crippen LogP contribution in [0.1, 0.15) is 37.5 Å². The van der Waals surface area contributed by atoms with Crippen molar-refractivity contribution >= 4 is 41.5 Å². The van der Waals surface area contributed by atoms with E-state index in [1.54, 1.807) is 16.7 Å². The average molecular weight is 404 g/mol. The Morgan fingerprint density at radius 1 is 1.30 bits per heavy atom. The third-order valence-corrected chi connectivity index (χ3v) is 6.06. The summed E-state index contributed by atoms with van der Waals surface area (Å²) in [6.45, 7) is 0.998. The lowest BCUT2D eigenvalue weighted by atomic mass is 10.2. The number of nitrogens with zero attached hydrogens (tertiary/aromatic N) is 3. The van der Waals surface area contributed by atoms with Gasteiger partial charge >= 0.3 is 0 Å². The maximum Gasteiger partial charge on any atom is 0.227 e. The van der Waals surface area contributed by atoms with Crippen molar-refractivity contribution in [3.8, 4) is 0 Å². The number of benzene rings is 1. The quantitative estimate of drug-likeness (QED) is 0.725. The van der Waals surface area contributed by atoms with Crippen molar-refractivity contribution in [1.29, 1.82) is 0 Å². The fourth-order valence-corrected chi connectivity index (χ4v) is 4.52. The number of anilines is 1. The molecule has 1 fully saturated rings. The van der Waals surface area contributed by atoms with Gasteiger partial charge in [0.2, 0.25) is 11.8 Å². The van der Waals surface area contributed by atoms with E-state index in [-0.39, 0.29) is 24.7 Å². The van der Waals surface area contributed by atoms with Crippen molar-refractivity contribution in [3.63, 3.8) is 0 Å². The van der Waals surface area contributed by atoms with E-state index in [1.165, 1.54) is 0 Å². The van der Waals surface area contributed by atoms with Crippen LogP contribution in [0.3, 0.4) is 0 Å². The van der Waals surface area contributed by atoms with E-state index in [1.807, 2.05) is 28.8 Å². The van der Waals surface area contributed by atoms with E-state index < -0.39 is 0 Å². The highest BCUT2D eigenvalue weighted by atomic mass is 32.2. The van der Waals surface area contributed by atoms with Crippen LogP contribution in [0, 0.1) is 4.77 Å². The second-order valence-electron chi connectivity index (χ2n) is 6.68. The van der Waals surface area contributed by atoms with E-state index in [9.17, 15) is 9.59 Å². The highest BCUT2D eigenvalue weighted by Gasteiger charge is 2.27. The standard InChI is InChI=1S/C18H21N5O2S2/c24-16(19-11-15-20-21-18(26)23(15)12-5-6-12)7-8-17(25)22-9-10-27-14-4-2-1-3-13(14)22/h1-4,12H,5-11H2,(H,19,24)(H,21,26). The van der Waals surface area contributed by atoms with Gasteiger partial charge in [-0.2, -0.15) is 5.10 Å². The van der Waals surface area contributed by atoms with Gasteiger partial charge in [0.15, 0.2) is 10.6 Å². The monoisotopic (exact) mass is 403 g/mol. The third-order valence-electron chi connectivity index (χ3n) is 4.73. The molecule has 7 nitrogen and oxygen atoms in total. The van der Waals surface area contributed by atoms with Gasteiger partial charge in [0, 0.05) is 36.1 Å². The summed E-state index contributed by atoms with van der Waals surface area (Å²) in [6, 6.07) is 8.30. The van der Waals surface area contributed by atoms with Gasteiger partial charge < -0.3 is 10.2 Å². The van der Waals surface area contributed by atoms with Gasteiger partial charge in [0.05, 0.1) is 12.2 Å². The SMILES string of the molecule is O=C(CCC(=O)N1CCSc2ccccc21)NCc1n[nH]c(=S)n1C1CC1. The van der Waals surface area contributed by atoms with Crippen LogP contribution in [0.25, 0.3) is 0 Å². The molecule has 0 bridgehead atoms. The van der Waals surface area contributed by atoms with Crippen LogP contribution in [-0.2, 0) is 16.1 Å². The number of H-pyrrole nitrogens is 1. The van der Waals surface area contributed by atoms with Crippen molar-refractivity contribution in [2.45, 2.75) is 43.2 Å². The minimum Gasteiger partial charge on any atom is -0.349 e. The highest BCUT2D eigenvalue weighted by Crippen LogP contribution is 2.36. The summed E-state index contributed by atoms with van der Waals surface area (Å²) in [5.74, 6) is 1.44. The molecule has 9 heteroatoms. The molecule has 2 amide bonds. The Morgan fingerprint density at radius 2 is 2.11 bits per heavy atom. The van der Waals surface area contributed by atoms with Gasteiger partial charge in [-0.3, -0.25) is 19.3 Å². The zero-order chi connectivity index (χ0) is 18.8. The molecule has 27 heavy (non-hydrogen) atoms. The molecule has 4 rings (SSSR count). The topological polar surface area (TPSA) is 83.0 Å². The summed E-state index contributed by atoms with van der Waals surface area (Å²) < 4.78 is 2.57. The highest BCUT2D eigenvalue weighted by molar-refractivity contribution is 7.99. The third kappa shape index (κ3) is 4.08. The molecule has 0 radical (unpaired) electrons. The number of thioether (sulfide) groups is 1. The van der Waals surface area contributed by atoms with Crippen molar-refractivity contribution in [3.05, 3.63) is 34.9 Å². The normalized spacial score (nSPS) is 16.1.